The number of ether oxygens (including phenoxy) is 1. The molecule has 3 heterocycles. The zero-order valence-electron chi connectivity index (χ0n) is 10.7. The zero-order chi connectivity index (χ0) is 12.0. The lowest BCUT2D eigenvalue weighted by molar-refractivity contribution is -0.172. The van der Waals surface area contributed by atoms with Crippen molar-refractivity contribution in [1.82, 2.24) is 10.2 Å². The number of hydrogen-bond donors (Lipinski definition) is 1. The van der Waals surface area contributed by atoms with Gasteiger partial charge in [0.25, 0.3) is 0 Å². The minimum absolute atomic E-state index is 0.0447. The second-order valence-corrected chi connectivity index (χ2v) is 6.21. The van der Waals surface area contributed by atoms with Crippen LogP contribution >= 0.6 is 0 Å². The minimum Gasteiger partial charge on any atom is -0.459 e. The van der Waals surface area contributed by atoms with Gasteiger partial charge in [0.05, 0.1) is 5.92 Å². The molecule has 96 valence electrons. The summed E-state index contributed by atoms with van der Waals surface area (Å²) in [5, 5.41) is 3.37. The number of piperidine rings is 1. The van der Waals surface area contributed by atoms with Crippen molar-refractivity contribution in [1.29, 1.82) is 0 Å². The molecule has 0 radical (unpaired) electrons. The van der Waals surface area contributed by atoms with Crippen molar-refractivity contribution in [3.63, 3.8) is 0 Å². The first-order valence-electron chi connectivity index (χ1n) is 6.72. The quantitative estimate of drug-likeness (QED) is 0.716. The number of fused-ring (bicyclic) bond motifs is 1. The summed E-state index contributed by atoms with van der Waals surface area (Å²) in [5.74, 6) is 0.733. The highest BCUT2D eigenvalue weighted by Crippen LogP contribution is 2.42. The molecule has 1 saturated carbocycles. The Kier molecular flexibility index (Phi) is 2.67. The molecule has 2 bridgehead atoms. The molecule has 3 atom stereocenters. The van der Waals surface area contributed by atoms with Gasteiger partial charge in [0.15, 0.2) is 0 Å². The van der Waals surface area contributed by atoms with E-state index < -0.39 is 0 Å². The number of esters is 1. The Morgan fingerprint density at radius 3 is 2.65 bits per heavy atom. The second kappa shape index (κ2) is 3.95. The normalized spacial score (nSPS) is 39.8. The van der Waals surface area contributed by atoms with Crippen LogP contribution in [0, 0.1) is 11.8 Å². The van der Waals surface area contributed by atoms with Crippen LogP contribution in [0.2, 0.25) is 0 Å². The highest BCUT2D eigenvalue weighted by atomic mass is 16.6. The predicted octanol–water partition coefficient (Wildman–Crippen LogP) is 0.622. The molecule has 17 heavy (non-hydrogen) atoms. The molecule has 3 unspecified atom stereocenters. The molecule has 0 amide bonds. The van der Waals surface area contributed by atoms with E-state index in [1.807, 2.05) is 0 Å². The van der Waals surface area contributed by atoms with Gasteiger partial charge in [0.1, 0.15) is 5.60 Å². The number of rotatable bonds is 2. The van der Waals surface area contributed by atoms with Gasteiger partial charge < -0.3 is 15.0 Å². The van der Waals surface area contributed by atoms with Crippen LogP contribution in [-0.4, -0.2) is 49.2 Å². The summed E-state index contributed by atoms with van der Waals surface area (Å²) < 4.78 is 5.81. The molecule has 0 aromatic carbocycles. The van der Waals surface area contributed by atoms with Crippen molar-refractivity contribution in [2.24, 2.45) is 11.8 Å². The first-order chi connectivity index (χ1) is 8.07. The summed E-state index contributed by atoms with van der Waals surface area (Å²) in [4.78, 5) is 14.5. The molecule has 0 spiro atoms. The fourth-order valence-corrected chi connectivity index (χ4v) is 3.34. The summed E-state index contributed by atoms with van der Waals surface area (Å²) in [6, 6.07) is 0.405. The van der Waals surface area contributed by atoms with Crippen LogP contribution in [0.4, 0.5) is 0 Å². The number of nitrogens with one attached hydrogen (secondary N) is 1. The van der Waals surface area contributed by atoms with E-state index in [-0.39, 0.29) is 17.5 Å². The maximum absolute atomic E-state index is 12.2. The molecule has 1 aliphatic carbocycles. The van der Waals surface area contributed by atoms with E-state index in [4.69, 9.17) is 4.74 Å². The fourth-order valence-electron chi connectivity index (χ4n) is 3.34. The maximum atomic E-state index is 12.2. The van der Waals surface area contributed by atoms with Crippen molar-refractivity contribution >= 4 is 5.97 Å². The van der Waals surface area contributed by atoms with Crippen molar-refractivity contribution < 1.29 is 9.53 Å². The van der Waals surface area contributed by atoms with Crippen LogP contribution in [0.15, 0.2) is 0 Å². The summed E-state index contributed by atoms with van der Waals surface area (Å²) in [5.41, 5.74) is -0.224. The average Bonchev–Trinajstić information content (AvgIpc) is 2.84. The van der Waals surface area contributed by atoms with Crippen molar-refractivity contribution in [3.8, 4) is 0 Å². The average molecular weight is 238 g/mol. The second-order valence-electron chi connectivity index (χ2n) is 6.21. The Morgan fingerprint density at radius 2 is 2.12 bits per heavy atom. The lowest BCUT2D eigenvalue weighted by Gasteiger charge is -2.40. The van der Waals surface area contributed by atoms with Crippen LogP contribution < -0.4 is 5.32 Å². The van der Waals surface area contributed by atoms with Crippen LogP contribution in [-0.2, 0) is 9.53 Å². The predicted molar refractivity (Wildman–Crippen MR) is 64.6 cm³/mol. The minimum atomic E-state index is -0.224. The van der Waals surface area contributed by atoms with Gasteiger partial charge in [-0.3, -0.25) is 4.79 Å². The van der Waals surface area contributed by atoms with E-state index in [0.29, 0.717) is 12.0 Å². The first kappa shape index (κ1) is 11.5. The number of carbonyl (C=O) groups is 1. The van der Waals surface area contributed by atoms with Gasteiger partial charge in [-0.05, 0) is 45.7 Å². The van der Waals surface area contributed by atoms with E-state index in [0.717, 1.165) is 32.5 Å². The van der Waals surface area contributed by atoms with Crippen molar-refractivity contribution in [2.45, 2.75) is 37.8 Å². The van der Waals surface area contributed by atoms with Gasteiger partial charge in [0, 0.05) is 19.1 Å². The monoisotopic (exact) mass is 238 g/mol. The molecule has 1 N–H and O–H groups in total. The van der Waals surface area contributed by atoms with Crippen LogP contribution in [0.5, 0.6) is 0 Å². The number of hydrogen-bond acceptors (Lipinski definition) is 4. The van der Waals surface area contributed by atoms with Gasteiger partial charge in [0.2, 0.25) is 0 Å². The molecule has 4 fully saturated rings. The summed E-state index contributed by atoms with van der Waals surface area (Å²) in [6.07, 6.45) is 3.09. The Labute approximate surface area is 103 Å². The fraction of sp³-hybridized carbons (Fsp3) is 0.923. The SMILES string of the molecule is CN1CCC(C)(OC(=O)C2C3CNC2C3)CC1. The van der Waals surface area contributed by atoms with E-state index in [1.165, 1.54) is 6.42 Å². The van der Waals surface area contributed by atoms with E-state index >= 15 is 0 Å². The van der Waals surface area contributed by atoms with E-state index in [1.54, 1.807) is 0 Å². The van der Waals surface area contributed by atoms with Gasteiger partial charge in [-0.25, -0.2) is 0 Å². The molecule has 4 heteroatoms. The summed E-state index contributed by atoms with van der Waals surface area (Å²) >= 11 is 0. The number of carbonyl (C=O) groups excluding carboxylic acids is 1. The lowest BCUT2D eigenvalue weighted by Crippen LogP contribution is -2.49. The zero-order valence-corrected chi connectivity index (χ0v) is 10.7. The molecular formula is C13H22N2O2. The largest absolute Gasteiger partial charge is 0.459 e. The molecule has 0 aromatic heterocycles. The molecule has 3 aliphatic heterocycles. The van der Waals surface area contributed by atoms with Gasteiger partial charge in [-0.15, -0.1) is 0 Å². The Hall–Kier alpha value is -0.610. The third-order valence-electron chi connectivity index (χ3n) is 4.80. The molecular weight excluding hydrogens is 216 g/mol. The smallest absolute Gasteiger partial charge is 0.311 e. The van der Waals surface area contributed by atoms with Gasteiger partial charge in [-0.2, -0.15) is 0 Å². The first-order valence-corrected chi connectivity index (χ1v) is 6.72. The summed E-state index contributed by atoms with van der Waals surface area (Å²) in [7, 11) is 2.12. The Balaban J connectivity index is 1.57. The van der Waals surface area contributed by atoms with Crippen LogP contribution in [0.3, 0.4) is 0 Å². The third-order valence-corrected chi connectivity index (χ3v) is 4.80. The highest BCUT2D eigenvalue weighted by molar-refractivity contribution is 5.76. The van der Waals surface area contributed by atoms with Crippen LogP contribution in [0.1, 0.15) is 26.2 Å². The summed E-state index contributed by atoms with van der Waals surface area (Å²) in [6.45, 7) is 5.15. The number of nitrogens with zero attached hydrogens (tertiary/aromatic N) is 1. The third kappa shape index (κ3) is 1.97. The Morgan fingerprint density at radius 1 is 1.41 bits per heavy atom. The van der Waals surface area contributed by atoms with Gasteiger partial charge >= 0.3 is 5.97 Å². The van der Waals surface area contributed by atoms with Crippen molar-refractivity contribution in [3.05, 3.63) is 0 Å². The Bertz CT molecular complexity index is 309. The highest BCUT2D eigenvalue weighted by Gasteiger charge is 2.52. The molecule has 4 aliphatic rings. The topological polar surface area (TPSA) is 41.6 Å². The van der Waals surface area contributed by atoms with E-state index in [2.05, 4.69) is 24.2 Å². The van der Waals surface area contributed by atoms with Crippen LogP contribution in [0.25, 0.3) is 0 Å². The van der Waals surface area contributed by atoms with Crippen molar-refractivity contribution in [2.75, 3.05) is 26.7 Å². The number of likely N-dealkylation sites (tertiary alicyclic amines) is 1. The van der Waals surface area contributed by atoms with Gasteiger partial charge in [-0.1, -0.05) is 0 Å². The molecule has 3 saturated heterocycles. The standard InChI is InChI=1S/C13H22N2O2/c1-13(3-5-15(2)6-4-13)17-12(16)11-9-7-10(11)14-8-9/h9-11,14H,3-8H2,1-2H3. The lowest BCUT2D eigenvalue weighted by atomic mass is 9.74. The van der Waals surface area contributed by atoms with E-state index in [9.17, 15) is 4.79 Å². The molecule has 4 rings (SSSR count). The maximum Gasteiger partial charge on any atom is 0.311 e. The molecule has 4 nitrogen and oxygen atoms in total. The molecule has 0 aromatic rings.